The van der Waals surface area contributed by atoms with Crippen molar-refractivity contribution in [2.75, 3.05) is 18.0 Å². The van der Waals surface area contributed by atoms with Crippen LogP contribution < -0.4 is 4.31 Å². The number of anilines is 1. The molecule has 0 amide bonds. The van der Waals surface area contributed by atoms with Gasteiger partial charge in [-0.15, -0.1) is 0 Å². The van der Waals surface area contributed by atoms with Gasteiger partial charge in [-0.1, -0.05) is 55.5 Å². The Balaban J connectivity index is 2.15. The molecular formula is C21H21NO4S. The lowest BCUT2D eigenvalue weighted by atomic mass is 10.1. The number of para-hydroxylation sites is 1. The fourth-order valence-electron chi connectivity index (χ4n) is 2.99. The van der Waals surface area contributed by atoms with Crippen LogP contribution in [0.2, 0.25) is 0 Å². The number of aryl methyl sites for hydroxylation is 1. The summed E-state index contributed by atoms with van der Waals surface area (Å²) in [5, 5.41) is 1.77. The van der Waals surface area contributed by atoms with Crippen LogP contribution in [0.3, 0.4) is 0 Å². The van der Waals surface area contributed by atoms with E-state index in [2.05, 4.69) is 0 Å². The van der Waals surface area contributed by atoms with Gasteiger partial charge in [0.05, 0.1) is 17.7 Å². The molecule has 0 spiro atoms. The van der Waals surface area contributed by atoms with E-state index in [9.17, 15) is 13.2 Å². The first-order chi connectivity index (χ1) is 13.0. The van der Waals surface area contributed by atoms with Crippen LogP contribution in [0, 0.1) is 0 Å². The minimum absolute atomic E-state index is 0.135. The van der Waals surface area contributed by atoms with E-state index < -0.39 is 16.0 Å². The van der Waals surface area contributed by atoms with E-state index in [1.807, 2.05) is 43.3 Å². The summed E-state index contributed by atoms with van der Waals surface area (Å²) in [6.45, 7) is 1.56. The Morgan fingerprint density at radius 2 is 1.63 bits per heavy atom. The maximum Gasteiger partial charge on any atom is 0.326 e. The molecule has 3 aromatic rings. The van der Waals surface area contributed by atoms with Crippen LogP contribution in [0.5, 0.6) is 0 Å². The molecule has 140 valence electrons. The van der Waals surface area contributed by atoms with Gasteiger partial charge in [-0.2, -0.15) is 0 Å². The van der Waals surface area contributed by atoms with Crippen molar-refractivity contribution in [1.29, 1.82) is 0 Å². The Hall–Kier alpha value is -2.86. The molecular weight excluding hydrogens is 362 g/mol. The predicted molar refractivity (Wildman–Crippen MR) is 106 cm³/mol. The van der Waals surface area contributed by atoms with Crippen LogP contribution in [0.1, 0.15) is 12.5 Å². The number of esters is 1. The molecule has 3 rings (SSSR count). The minimum atomic E-state index is -3.95. The van der Waals surface area contributed by atoms with E-state index in [4.69, 9.17) is 4.74 Å². The highest BCUT2D eigenvalue weighted by atomic mass is 32.2. The first kappa shape index (κ1) is 18.9. The summed E-state index contributed by atoms with van der Waals surface area (Å²) in [5.74, 6) is -0.620. The van der Waals surface area contributed by atoms with Gasteiger partial charge in [0.1, 0.15) is 6.54 Å². The third kappa shape index (κ3) is 3.80. The fraction of sp³-hybridized carbons (Fsp3) is 0.190. The monoisotopic (exact) mass is 383 g/mol. The zero-order chi connectivity index (χ0) is 19.4. The number of hydrogen-bond acceptors (Lipinski definition) is 4. The van der Waals surface area contributed by atoms with Crippen LogP contribution in [-0.4, -0.2) is 28.0 Å². The van der Waals surface area contributed by atoms with Gasteiger partial charge in [-0.25, -0.2) is 8.42 Å². The standard InChI is InChI=1S/C21H21NO4S/c1-3-16-8-6-7-11-20(16)22(15-21(23)26-2)27(24,25)19-13-12-17-9-4-5-10-18(17)14-19/h4-14H,3,15H2,1-2H3. The van der Waals surface area contributed by atoms with Crippen molar-refractivity contribution in [1.82, 2.24) is 0 Å². The fourth-order valence-corrected chi connectivity index (χ4v) is 4.47. The maximum atomic E-state index is 13.4. The lowest BCUT2D eigenvalue weighted by Gasteiger charge is -2.25. The van der Waals surface area contributed by atoms with Gasteiger partial charge in [0.15, 0.2) is 0 Å². The van der Waals surface area contributed by atoms with Crippen LogP contribution >= 0.6 is 0 Å². The Bertz CT molecular complexity index is 1080. The second-order valence-electron chi connectivity index (χ2n) is 6.08. The topological polar surface area (TPSA) is 63.7 Å². The Kier molecular flexibility index (Phi) is 5.46. The molecule has 0 aliphatic heterocycles. The van der Waals surface area contributed by atoms with E-state index in [1.54, 1.807) is 30.3 Å². The predicted octanol–water partition coefficient (Wildman–Crippen LogP) is 3.77. The van der Waals surface area contributed by atoms with Gasteiger partial charge in [-0.3, -0.25) is 9.10 Å². The average Bonchev–Trinajstić information content (AvgIpc) is 2.71. The third-order valence-corrected chi connectivity index (χ3v) is 6.21. The van der Waals surface area contributed by atoms with Gasteiger partial charge in [0.2, 0.25) is 0 Å². The normalized spacial score (nSPS) is 11.3. The molecule has 0 saturated heterocycles. The summed E-state index contributed by atoms with van der Waals surface area (Å²) in [7, 11) is -2.71. The quantitative estimate of drug-likeness (QED) is 0.608. The van der Waals surface area contributed by atoms with Crippen LogP contribution in [0.4, 0.5) is 5.69 Å². The SMILES string of the molecule is CCc1ccccc1N(CC(=O)OC)S(=O)(=O)c1ccc2ccccc2c1. The van der Waals surface area contributed by atoms with Gasteiger partial charge >= 0.3 is 5.97 Å². The van der Waals surface area contributed by atoms with E-state index in [0.717, 1.165) is 20.6 Å². The molecule has 0 N–H and O–H groups in total. The number of sulfonamides is 1. The maximum absolute atomic E-state index is 13.4. The molecule has 0 atom stereocenters. The largest absolute Gasteiger partial charge is 0.468 e. The highest BCUT2D eigenvalue weighted by molar-refractivity contribution is 7.92. The number of rotatable bonds is 6. The Labute approximate surface area is 159 Å². The lowest BCUT2D eigenvalue weighted by molar-refractivity contribution is -0.138. The van der Waals surface area contributed by atoms with Crippen molar-refractivity contribution in [3.05, 3.63) is 72.3 Å². The molecule has 27 heavy (non-hydrogen) atoms. The van der Waals surface area contributed by atoms with Crippen molar-refractivity contribution in [2.45, 2.75) is 18.2 Å². The second kappa shape index (κ2) is 7.80. The van der Waals surface area contributed by atoms with E-state index in [-0.39, 0.29) is 11.4 Å². The summed E-state index contributed by atoms with van der Waals surface area (Å²) >= 11 is 0. The zero-order valence-electron chi connectivity index (χ0n) is 15.3. The molecule has 3 aromatic carbocycles. The highest BCUT2D eigenvalue weighted by Gasteiger charge is 2.29. The molecule has 0 fully saturated rings. The zero-order valence-corrected chi connectivity index (χ0v) is 16.1. The van der Waals surface area contributed by atoms with Crippen molar-refractivity contribution in [3.63, 3.8) is 0 Å². The molecule has 0 heterocycles. The summed E-state index contributed by atoms with van der Waals surface area (Å²) in [5.41, 5.74) is 1.32. The van der Waals surface area contributed by atoms with Crippen LogP contribution in [0.15, 0.2) is 71.6 Å². The molecule has 0 saturated carbocycles. The lowest BCUT2D eigenvalue weighted by Crippen LogP contribution is -2.37. The number of fused-ring (bicyclic) bond motifs is 1. The molecule has 0 radical (unpaired) electrons. The molecule has 0 unspecified atom stereocenters. The van der Waals surface area contributed by atoms with Crippen molar-refractivity contribution < 1.29 is 17.9 Å². The number of benzene rings is 3. The number of hydrogen-bond donors (Lipinski definition) is 0. The molecule has 0 aliphatic rings. The van der Waals surface area contributed by atoms with Crippen molar-refractivity contribution in [2.24, 2.45) is 0 Å². The van der Waals surface area contributed by atoms with E-state index in [1.165, 1.54) is 7.11 Å². The number of nitrogens with zero attached hydrogens (tertiary/aromatic N) is 1. The molecule has 0 aliphatic carbocycles. The van der Waals surface area contributed by atoms with Crippen LogP contribution in [0.25, 0.3) is 10.8 Å². The van der Waals surface area contributed by atoms with Gasteiger partial charge in [0.25, 0.3) is 10.0 Å². The third-order valence-electron chi connectivity index (χ3n) is 4.45. The first-order valence-electron chi connectivity index (χ1n) is 8.63. The molecule has 5 nitrogen and oxygen atoms in total. The number of carbonyl (C=O) groups is 1. The smallest absolute Gasteiger partial charge is 0.326 e. The average molecular weight is 383 g/mol. The summed E-state index contributed by atoms with van der Waals surface area (Å²) in [6.07, 6.45) is 0.640. The van der Waals surface area contributed by atoms with Gasteiger partial charge in [0, 0.05) is 0 Å². The van der Waals surface area contributed by atoms with E-state index >= 15 is 0 Å². The molecule has 0 aromatic heterocycles. The summed E-state index contributed by atoms with van der Waals surface area (Å²) in [6, 6.07) is 19.7. The van der Waals surface area contributed by atoms with Gasteiger partial charge < -0.3 is 4.74 Å². The first-order valence-corrected chi connectivity index (χ1v) is 10.1. The van der Waals surface area contributed by atoms with Crippen LogP contribution in [-0.2, 0) is 26.0 Å². The Morgan fingerprint density at radius 1 is 0.963 bits per heavy atom. The summed E-state index contributed by atoms with van der Waals surface area (Å²) in [4.78, 5) is 12.1. The molecule has 0 bridgehead atoms. The number of methoxy groups -OCH3 is 1. The summed E-state index contributed by atoms with van der Waals surface area (Å²) < 4.78 is 32.7. The molecule has 6 heteroatoms. The minimum Gasteiger partial charge on any atom is -0.468 e. The van der Waals surface area contributed by atoms with Crippen molar-refractivity contribution >= 4 is 32.5 Å². The van der Waals surface area contributed by atoms with Gasteiger partial charge in [-0.05, 0) is 41.0 Å². The second-order valence-corrected chi connectivity index (χ2v) is 7.94. The Morgan fingerprint density at radius 3 is 2.33 bits per heavy atom. The van der Waals surface area contributed by atoms with Crippen molar-refractivity contribution in [3.8, 4) is 0 Å². The van der Waals surface area contributed by atoms with E-state index in [0.29, 0.717) is 12.1 Å². The number of carbonyl (C=O) groups excluding carboxylic acids is 1. The highest BCUT2D eigenvalue weighted by Crippen LogP contribution is 2.29. The number of ether oxygens (including phenoxy) is 1.